The summed E-state index contributed by atoms with van der Waals surface area (Å²) in [5.41, 5.74) is 1.86. The maximum Gasteiger partial charge on any atom is 0.293 e. The van der Waals surface area contributed by atoms with Crippen LogP contribution in [-0.2, 0) is 11.4 Å². The summed E-state index contributed by atoms with van der Waals surface area (Å²) in [6.45, 7) is 6.66. The lowest BCUT2D eigenvalue weighted by Crippen LogP contribution is -2.36. The lowest BCUT2D eigenvalue weighted by Gasteiger charge is -2.19. The average molecular weight is 587 g/mol. The molecular weight excluding hydrogens is 561 g/mol. The van der Waals surface area contributed by atoms with Gasteiger partial charge in [-0.2, -0.15) is 0 Å². The second-order valence-electron chi connectivity index (χ2n) is 8.04. The van der Waals surface area contributed by atoms with Gasteiger partial charge in [0.1, 0.15) is 6.61 Å². The number of benzene rings is 3. The molecule has 5 nitrogen and oxygen atoms in total. The monoisotopic (exact) mass is 587 g/mol. The van der Waals surface area contributed by atoms with Crippen LogP contribution in [0.1, 0.15) is 38.3 Å². The number of nitrogens with zero attached hydrogens (tertiary/aromatic N) is 1. The number of carbonyl (C=O) groups is 2. The van der Waals surface area contributed by atoms with Gasteiger partial charge in [0.05, 0.1) is 15.1 Å². The fourth-order valence-electron chi connectivity index (χ4n) is 3.75. The van der Waals surface area contributed by atoms with Crippen molar-refractivity contribution in [3.63, 3.8) is 0 Å². The molecule has 1 atom stereocenters. The summed E-state index contributed by atoms with van der Waals surface area (Å²) in [4.78, 5) is 26.9. The number of fused-ring (bicyclic) bond motifs is 1. The van der Waals surface area contributed by atoms with Gasteiger partial charge in [-0.3, -0.25) is 14.5 Å². The minimum Gasteiger partial charge on any atom is -0.490 e. The quantitative estimate of drug-likeness (QED) is 0.205. The standard InChI is InChI=1S/C27H26INO4S/c1-4-17(3)29-26(30)24(34-27(29)31)15-19-13-22(28)25(23(14-19)32-5-2)33-16-18-10-11-20-8-6-7-9-21(20)12-18/h6-15,17H,4-5,16H2,1-3H3/b24-15+/t17-/m0/s1. The van der Waals surface area contributed by atoms with E-state index in [9.17, 15) is 9.59 Å². The van der Waals surface area contributed by atoms with Gasteiger partial charge in [-0.15, -0.1) is 0 Å². The van der Waals surface area contributed by atoms with Crippen molar-refractivity contribution in [1.82, 2.24) is 4.90 Å². The predicted octanol–water partition coefficient (Wildman–Crippen LogP) is 7.26. The molecule has 4 rings (SSSR count). The SMILES string of the molecule is CCOc1cc(/C=C2/SC(=O)N([C@@H](C)CC)C2=O)cc(I)c1OCc1ccc2ccccc2c1. The Hall–Kier alpha value is -2.52. The van der Waals surface area contributed by atoms with Crippen molar-refractivity contribution in [2.24, 2.45) is 0 Å². The Bertz CT molecular complexity index is 1270. The summed E-state index contributed by atoms with van der Waals surface area (Å²) < 4.78 is 12.9. The summed E-state index contributed by atoms with van der Waals surface area (Å²) in [7, 11) is 0. The number of hydrogen-bond donors (Lipinski definition) is 0. The van der Waals surface area contributed by atoms with Crippen LogP contribution in [0.15, 0.2) is 59.5 Å². The molecule has 3 aromatic rings. The Morgan fingerprint density at radius 2 is 1.79 bits per heavy atom. The molecule has 1 saturated heterocycles. The maximum absolute atomic E-state index is 12.8. The van der Waals surface area contributed by atoms with Gasteiger partial charge in [0.2, 0.25) is 0 Å². The highest BCUT2D eigenvalue weighted by Crippen LogP contribution is 2.38. The summed E-state index contributed by atoms with van der Waals surface area (Å²) >= 11 is 3.20. The van der Waals surface area contributed by atoms with Crippen molar-refractivity contribution in [1.29, 1.82) is 0 Å². The van der Waals surface area contributed by atoms with E-state index < -0.39 is 0 Å². The molecule has 0 aromatic heterocycles. The number of halogens is 1. The normalized spacial score (nSPS) is 15.9. The fraction of sp³-hybridized carbons (Fsp3) is 0.259. The van der Waals surface area contributed by atoms with Crippen LogP contribution in [0.3, 0.4) is 0 Å². The van der Waals surface area contributed by atoms with Gasteiger partial charge >= 0.3 is 0 Å². The number of hydrogen-bond acceptors (Lipinski definition) is 5. The van der Waals surface area contributed by atoms with Crippen molar-refractivity contribution >= 4 is 62.3 Å². The van der Waals surface area contributed by atoms with E-state index in [0.29, 0.717) is 29.6 Å². The highest BCUT2D eigenvalue weighted by molar-refractivity contribution is 14.1. The first-order chi connectivity index (χ1) is 16.4. The van der Waals surface area contributed by atoms with E-state index in [1.54, 1.807) is 6.08 Å². The lowest BCUT2D eigenvalue weighted by atomic mass is 10.1. The fourth-order valence-corrected chi connectivity index (χ4v) is 5.46. The highest BCUT2D eigenvalue weighted by atomic mass is 127. The van der Waals surface area contributed by atoms with E-state index in [4.69, 9.17) is 9.47 Å². The van der Waals surface area contributed by atoms with E-state index in [2.05, 4.69) is 52.9 Å². The van der Waals surface area contributed by atoms with Gasteiger partial charge in [-0.1, -0.05) is 43.3 Å². The largest absolute Gasteiger partial charge is 0.490 e. The average Bonchev–Trinajstić information content (AvgIpc) is 3.10. The van der Waals surface area contributed by atoms with E-state index in [1.165, 1.54) is 15.7 Å². The zero-order valence-corrected chi connectivity index (χ0v) is 22.3. The molecule has 0 aliphatic carbocycles. The molecule has 2 amide bonds. The zero-order valence-electron chi connectivity index (χ0n) is 19.3. The molecule has 1 aliphatic heterocycles. The molecule has 176 valence electrons. The third-order valence-corrected chi connectivity index (χ3v) is 7.37. The Kier molecular flexibility index (Phi) is 7.83. The van der Waals surface area contributed by atoms with Gasteiger partial charge in [-0.05, 0) is 101 Å². The molecule has 1 heterocycles. The molecule has 0 spiro atoms. The number of rotatable bonds is 8. The van der Waals surface area contributed by atoms with E-state index in [1.807, 2.05) is 45.0 Å². The second-order valence-corrected chi connectivity index (χ2v) is 10.2. The van der Waals surface area contributed by atoms with E-state index in [-0.39, 0.29) is 17.2 Å². The van der Waals surface area contributed by atoms with Gasteiger partial charge in [-0.25, -0.2) is 0 Å². The molecule has 0 radical (unpaired) electrons. The first-order valence-corrected chi connectivity index (χ1v) is 13.1. The van der Waals surface area contributed by atoms with Gasteiger partial charge in [0.25, 0.3) is 11.1 Å². The highest BCUT2D eigenvalue weighted by Gasteiger charge is 2.37. The Balaban J connectivity index is 1.58. The van der Waals surface area contributed by atoms with Crippen LogP contribution >= 0.6 is 34.4 Å². The van der Waals surface area contributed by atoms with Crippen LogP contribution in [0, 0.1) is 3.57 Å². The van der Waals surface area contributed by atoms with E-state index >= 15 is 0 Å². The molecule has 0 N–H and O–H groups in total. The van der Waals surface area contributed by atoms with Crippen molar-refractivity contribution < 1.29 is 19.1 Å². The molecule has 1 aliphatic rings. The minimum absolute atomic E-state index is 0.122. The van der Waals surface area contributed by atoms with Gasteiger partial charge in [0.15, 0.2) is 11.5 Å². The maximum atomic E-state index is 12.8. The van der Waals surface area contributed by atoms with E-state index in [0.717, 1.165) is 32.9 Å². The lowest BCUT2D eigenvalue weighted by molar-refractivity contribution is -0.124. The van der Waals surface area contributed by atoms with Crippen LogP contribution in [0.25, 0.3) is 16.8 Å². The molecule has 3 aromatic carbocycles. The molecule has 34 heavy (non-hydrogen) atoms. The Labute approximate surface area is 217 Å². The predicted molar refractivity (Wildman–Crippen MR) is 146 cm³/mol. The molecule has 1 fully saturated rings. The van der Waals surface area contributed by atoms with Crippen molar-refractivity contribution in [2.45, 2.75) is 39.8 Å². The van der Waals surface area contributed by atoms with Crippen LogP contribution in [0.5, 0.6) is 11.5 Å². The summed E-state index contributed by atoms with van der Waals surface area (Å²) in [6.07, 6.45) is 2.48. The molecule has 0 saturated carbocycles. The number of ether oxygens (including phenoxy) is 2. The summed E-state index contributed by atoms with van der Waals surface area (Å²) in [6, 6.07) is 18.2. The zero-order chi connectivity index (χ0) is 24.2. The van der Waals surface area contributed by atoms with Gasteiger partial charge < -0.3 is 9.47 Å². The minimum atomic E-state index is -0.242. The first kappa shape index (κ1) is 24.6. The molecule has 0 bridgehead atoms. The van der Waals surface area contributed by atoms with Crippen molar-refractivity contribution in [2.75, 3.05) is 6.61 Å². The third-order valence-electron chi connectivity index (χ3n) is 5.68. The number of amides is 2. The van der Waals surface area contributed by atoms with Crippen molar-refractivity contribution in [3.05, 3.63) is 74.2 Å². The van der Waals surface area contributed by atoms with Gasteiger partial charge in [0, 0.05) is 6.04 Å². The molecule has 7 heteroatoms. The van der Waals surface area contributed by atoms with Crippen LogP contribution in [0.2, 0.25) is 0 Å². The first-order valence-electron chi connectivity index (χ1n) is 11.2. The number of thioether (sulfide) groups is 1. The van der Waals surface area contributed by atoms with Crippen molar-refractivity contribution in [3.8, 4) is 11.5 Å². The van der Waals surface area contributed by atoms with Crippen LogP contribution < -0.4 is 9.47 Å². The topological polar surface area (TPSA) is 55.8 Å². The number of imide groups is 1. The summed E-state index contributed by atoms with van der Waals surface area (Å²) in [5, 5.41) is 2.14. The Morgan fingerprint density at radius 1 is 1.03 bits per heavy atom. The molecule has 0 unspecified atom stereocenters. The summed E-state index contributed by atoms with van der Waals surface area (Å²) in [5.74, 6) is 1.04. The Morgan fingerprint density at radius 3 is 2.53 bits per heavy atom. The molecular formula is C27H26INO4S. The van der Waals surface area contributed by atoms with Crippen LogP contribution in [-0.4, -0.2) is 28.7 Å². The third kappa shape index (κ3) is 5.25. The number of carbonyl (C=O) groups excluding carboxylic acids is 2. The van der Waals surface area contributed by atoms with Crippen LogP contribution in [0.4, 0.5) is 4.79 Å². The smallest absolute Gasteiger partial charge is 0.293 e. The second kappa shape index (κ2) is 10.8.